The number of ether oxygens (including phenoxy) is 1. The van der Waals surface area contributed by atoms with E-state index in [9.17, 15) is 9.59 Å². The van der Waals surface area contributed by atoms with Gasteiger partial charge in [-0.05, 0) is 37.8 Å². The second kappa shape index (κ2) is 9.35. The van der Waals surface area contributed by atoms with Crippen molar-refractivity contribution < 1.29 is 14.3 Å². The second-order valence-corrected chi connectivity index (χ2v) is 8.73. The number of para-hydroxylation sites is 1. The molecule has 2 saturated heterocycles. The van der Waals surface area contributed by atoms with Crippen molar-refractivity contribution in [1.29, 1.82) is 0 Å². The minimum atomic E-state index is -0.291. The number of piperidine rings is 1. The fourth-order valence-electron chi connectivity index (χ4n) is 4.84. The highest BCUT2D eigenvalue weighted by Crippen LogP contribution is 2.33. The van der Waals surface area contributed by atoms with Gasteiger partial charge in [-0.25, -0.2) is 0 Å². The molecule has 0 radical (unpaired) electrons. The number of benzene rings is 1. The number of morpholine rings is 1. The van der Waals surface area contributed by atoms with E-state index in [2.05, 4.69) is 41.4 Å². The average molecular weight is 415 g/mol. The van der Waals surface area contributed by atoms with Gasteiger partial charge in [-0.2, -0.15) is 0 Å². The molecule has 0 unspecified atom stereocenters. The van der Waals surface area contributed by atoms with Crippen LogP contribution in [0.25, 0.3) is 0 Å². The molecular weight excluding hydrogens is 380 g/mol. The normalized spacial score (nSPS) is 22.6. The van der Waals surface area contributed by atoms with Gasteiger partial charge in [0, 0.05) is 56.9 Å². The largest absolute Gasteiger partial charge is 0.379 e. The maximum Gasteiger partial charge on any atom is 0.236 e. The maximum absolute atomic E-state index is 13.0. The zero-order chi connectivity index (χ0) is 21.0. The molecule has 3 heterocycles. The molecule has 30 heavy (non-hydrogen) atoms. The molecule has 3 aliphatic heterocycles. The summed E-state index contributed by atoms with van der Waals surface area (Å²) >= 11 is 0. The Balaban J connectivity index is 1.46. The van der Waals surface area contributed by atoms with E-state index in [-0.39, 0.29) is 17.4 Å². The number of carbonyl (C=O) groups is 2. The third-order valence-electron chi connectivity index (χ3n) is 6.83. The topological polar surface area (TPSA) is 65.1 Å². The summed E-state index contributed by atoms with van der Waals surface area (Å²) in [6.07, 6.45) is 2.93. The SMILES string of the molecule is CCN1CCc2ccccc2NC2(CCN(C(=O)CN3CCOCC3)CC2)CC1=O. The molecule has 1 aromatic carbocycles. The molecule has 0 saturated carbocycles. The van der Waals surface area contributed by atoms with Crippen LogP contribution in [0.2, 0.25) is 0 Å². The van der Waals surface area contributed by atoms with Crippen LogP contribution in [-0.2, 0) is 20.7 Å². The number of rotatable bonds is 3. The summed E-state index contributed by atoms with van der Waals surface area (Å²) in [6, 6.07) is 8.40. The van der Waals surface area contributed by atoms with Crippen LogP contribution < -0.4 is 5.32 Å². The fourth-order valence-corrected chi connectivity index (χ4v) is 4.84. The van der Waals surface area contributed by atoms with E-state index in [1.807, 2.05) is 9.80 Å². The van der Waals surface area contributed by atoms with E-state index < -0.39 is 0 Å². The Morgan fingerprint density at radius 1 is 1.10 bits per heavy atom. The minimum Gasteiger partial charge on any atom is -0.379 e. The number of anilines is 1. The van der Waals surface area contributed by atoms with Gasteiger partial charge in [-0.3, -0.25) is 14.5 Å². The number of likely N-dealkylation sites (N-methyl/N-ethyl adjacent to an activating group) is 1. The highest BCUT2D eigenvalue weighted by Gasteiger charge is 2.39. The van der Waals surface area contributed by atoms with E-state index in [0.29, 0.717) is 39.3 Å². The Morgan fingerprint density at radius 2 is 1.83 bits per heavy atom. The molecule has 164 valence electrons. The minimum absolute atomic E-state index is 0.191. The van der Waals surface area contributed by atoms with Crippen molar-refractivity contribution in [2.45, 2.75) is 38.1 Å². The fraction of sp³-hybridized carbons (Fsp3) is 0.652. The first-order valence-corrected chi connectivity index (χ1v) is 11.3. The lowest BCUT2D eigenvalue weighted by molar-refractivity contribution is -0.135. The van der Waals surface area contributed by atoms with E-state index in [4.69, 9.17) is 4.74 Å². The lowest BCUT2D eigenvalue weighted by Crippen LogP contribution is -2.54. The van der Waals surface area contributed by atoms with Crippen LogP contribution in [0.15, 0.2) is 24.3 Å². The summed E-state index contributed by atoms with van der Waals surface area (Å²) in [6.45, 7) is 8.45. The molecule has 7 heteroatoms. The molecule has 1 aromatic rings. The molecule has 0 aromatic heterocycles. The zero-order valence-electron chi connectivity index (χ0n) is 18.1. The summed E-state index contributed by atoms with van der Waals surface area (Å²) in [5, 5.41) is 3.76. The Bertz CT molecular complexity index is 755. The van der Waals surface area contributed by atoms with Crippen molar-refractivity contribution in [1.82, 2.24) is 14.7 Å². The Morgan fingerprint density at radius 3 is 2.57 bits per heavy atom. The maximum atomic E-state index is 13.0. The molecule has 0 bridgehead atoms. The van der Waals surface area contributed by atoms with Crippen LogP contribution in [-0.4, -0.2) is 91.1 Å². The highest BCUT2D eigenvalue weighted by atomic mass is 16.5. The molecule has 4 rings (SSSR count). The van der Waals surface area contributed by atoms with E-state index >= 15 is 0 Å². The summed E-state index contributed by atoms with van der Waals surface area (Å²) in [7, 11) is 0. The predicted molar refractivity (Wildman–Crippen MR) is 116 cm³/mol. The molecule has 2 amide bonds. The van der Waals surface area contributed by atoms with Crippen LogP contribution in [0.3, 0.4) is 0 Å². The number of fused-ring (bicyclic) bond motifs is 1. The van der Waals surface area contributed by atoms with Crippen LogP contribution in [0.4, 0.5) is 5.69 Å². The molecule has 3 aliphatic rings. The van der Waals surface area contributed by atoms with Crippen LogP contribution in [0.5, 0.6) is 0 Å². The number of likely N-dealkylation sites (tertiary alicyclic amines) is 1. The van der Waals surface area contributed by atoms with Crippen molar-refractivity contribution >= 4 is 17.5 Å². The van der Waals surface area contributed by atoms with Gasteiger partial charge in [0.25, 0.3) is 0 Å². The molecule has 1 spiro atoms. The number of hydrogen-bond donors (Lipinski definition) is 1. The first-order chi connectivity index (χ1) is 14.6. The number of amides is 2. The molecule has 7 nitrogen and oxygen atoms in total. The lowest BCUT2D eigenvalue weighted by Gasteiger charge is -2.43. The predicted octanol–water partition coefficient (Wildman–Crippen LogP) is 1.59. The number of hydrogen-bond acceptors (Lipinski definition) is 5. The smallest absolute Gasteiger partial charge is 0.236 e. The quantitative estimate of drug-likeness (QED) is 0.814. The van der Waals surface area contributed by atoms with Crippen LogP contribution in [0, 0.1) is 0 Å². The van der Waals surface area contributed by atoms with Gasteiger partial charge in [-0.15, -0.1) is 0 Å². The van der Waals surface area contributed by atoms with Crippen LogP contribution in [0.1, 0.15) is 31.7 Å². The van der Waals surface area contributed by atoms with Gasteiger partial charge in [0.15, 0.2) is 0 Å². The van der Waals surface area contributed by atoms with E-state index in [1.165, 1.54) is 5.56 Å². The van der Waals surface area contributed by atoms with Crippen molar-refractivity contribution in [3.63, 3.8) is 0 Å². The van der Waals surface area contributed by atoms with Crippen molar-refractivity contribution in [2.75, 3.05) is 64.3 Å². The van der Waals surface area contributed by atoms with Gasteiger partial charge in [0.05, 0.1) is 19.8 Å². The van der Waals surface area contributed by atoms with Crippen molar-refractivity contribution in [3.8, 4) is 0 Å². The molecule has 1 N–H and O–H groups in total. The summed E-state index contributed by atoms with van der Waals surface area (Å²) < 4.78 is 5.38. The monoisotopic (exact) mass is 414 g/mol. The Kier molecular flexibility index (Phi) is 6.58. The lowest BCUT2D eigenvalue weighted by atomic mass is 9.83. The standard InChI is InChI=1S/C23H34N4O3/c1-2-26-10-7-19-5-3-4-6-20(19)24-23(17-21(26)28)8-11-27(12-9-23)22(29)18-25-13-15-30-16-14-25/h3-6,24H,2,7-18H2,1H3. The molecule has 0 atom stereocenters. The molecular formula is C23H34N4O3. The third kappa shape index (κ3) is 4.78. The van der Waals surface area contributed by atoms with Gasteiger partial charge in [-0.1, -0.05) is 18.2 Å². The second-order valence-electron chi connectivity index (χ2n) is 8.73. The van der Waals surface area contributed by atoms with Gasteiger partial charge < -0.3 is 19.9 Å². The van der Waals surface area contributed by atoms with Crippen molar-refractivity contribution in [2.24, 2.45) is 0 Å². The molecule has 0 aliphatic carbocycles. The van der Waals surface area contributed by atoms with Gasteiger partial charge in [0.2, 0.25) is 11.8 Å². The summed E-state index contributed by atoms with van der Waals surface area (Å²) in [5.74, 6) is 0.405. The van der Waals surface area contributed by atoms with E-state index in [0.717, 1.165) is 51.1 Å². The number of carbonyl (C=O) groups excluding carboxylic acids is 2. The Labute approximate surface area is 179 Å². The van der Waals surface area contributed by atoms with Gasteiger partial charge >= 0.3 is 0 Å². The van der Waals surface area contributed by atoms with Crippen molar-refractivity contribution in [3.05, 3.63) is 29.8 Å². The average Bonchev–Trinajstić information content (AvgIpc) is 2.81. The van der Waals surface area contributed by atoms with Crippen LogP contribution >= 0.6 is 0 Å². The van der Waals surface area contributed by atoms with Gasteiger partial charge in [0.1, 0.15) is 0 Å². The summed E-state index contributed by atoms with van der Waals surface area (Å²) in [5.41, 5.74) is 2.10. The molecule has 2 fully saturated rings. The van der Waals surface area contributed by atoms with E-state index in [1.54, 1.807) is 0 Å². The number of nitrogens with one attached hydrogen (secondary N) is 1. The highest BCUT2D eigenvalue weighted by molar-refractivity contribution is 5.80. The Hall–Kier alpha value is -2.12. The zero-order valence-corrected chi connectivity index (χ0v) is 18.1. The summed E-state index contributed by atoms with van der Waals surface area (Å²) in [4.78, 5) is 32.0. The number of nitrogens with zero attached hydrogens (tertiary/aromatic N) is 3. The first-order valence-electron chi connectivity index (χ1n) is 11.3. The first kappa shape index (κ1) is 21.1. The third-order valence-corrected chi connectivity index (χ3v) is 6.83.